The molecule has 0 saturated carbocycles. The molecule has 1 amide bonds. The maximum atomic E-state index is 11.6. The van der Waals surface area contributed by atoms with Gasteiger partial charge in [-0.25, -0.2) is 15.0 Å². The van der Waals surface area contributed by atoms with E-state index < -0.39 is 0 Å². The van der Waals surface area contributed by atoms with Crippen LogP contribution in [0.15, 0.2) is 23.8 Å². The Labute approximate surface area is 103 Å². The summed E-state index contributed by atoms with van der Waals surface area (Å²) in [6.07, 6.45) is 4.21. The minimum Gasteiger partial charge on any atom is -0.295 e. The first-order valence-electron chi connectivity index (χ1n) is 5.22. The molecule has 6 heteroatoms. The number of aryl methyl sites for hydroxylation is 2. The number of thiazole rings is 1. The summed E-state index contributed by atoms with van der Waals surface area (Å²) in [5.74, 6) is 0.244. The molecule has 0 saturated heterocycles. The van der Waals surface area contributed by atoms with E-state index in [1.54, 1.807) is 29.8 Å². The number of amides is 1. The average molecular weight is 248 g/mol. The Hall–Kier alpha value is -1.82. The van der Waals surface area contributed by atoms with Gasteiger partial charge in [0, 0.05) is 24.2 Å². The van der Waals surface area contributed by atoms with Gasteiger partial charge >= 0.3 is 0 Å². The fourth-order valence-electron chi connectivity index (χ4n) is 1.32. The zero-order chi connectivity index (χ0) is 12.1. The molecule has 0 aromatic carbocycles. The van der Waals surface area contributed by atoms with Crippen molar-refractivity contribution in [2.75, 3.05) is 5.32 Å². The number of hydrogen-bond donors (Lipinski definition) is 1. The van der Waals surface area contributed by atoms with Crippen LogP contribution >= 0.6 is 11.3 Å². The van der Waals surface area contributed by atoms with Crippen LogP contribution in [0.3, 0.4) is 0 Å². The fourth-order valence-corrected chi connectivity index (χ4v) is 1.96. The van der Waals surface area contributed by atoms with Gasteiger partial charge in [-0.15, -0.1) is 11.3 Å². The molecule has 5 nitrogen and oxygen atoms in total. The van der Waals surface area contributed by atoms with Gasteiger partial charge < -0.3 is 0 Å². The van der Waals surface area contributed by atoms with Crippen LogP contribution in [0.5, 0.6) is 0 Å². The summed E-state index contributed by atoms with van der Waals surface area (Å²) in [6, 6.07) is 1.70. The number of carbonyl (C=O) groups is 1. The molecule has 0 atom stereocenters. The molecule has 0 unspecified atom stereocenters. The van der Waals surface area contributed by atoms with E-state index in [1.165, 1.54) is 0 Å². The van der Waals surface area contributed by atoms with Gasteiger partial charge in [0.25, 0.3) is 0 Å². The van der Waals surface area contributed by atoms with Gasteiger partial charge in [-0.3, -0.25) is 10.1 Å². The number of carbonyl (C=O) groups excluding carboxylic acids is 1. The van der Waals surface area contributed by atoms with E-state index in [2.05, 4.69) is 20.3 Å². The molecule has 1 N–H and O–H groups in total. The number of nitrogens with zero attached hydrogens (tertiary/aromatic N) is 3. The third-order valence-electron chi connectivity index (χ3n) is 2.09. The first-order chi connectivity index (χ1) is 8.24. The maximum absolute atomic E-state index is 11.6. The first-order valence-corrected chi connectivity index (χ1v) is 6.10. The van der Waals surface area contributed by atoms with E-state index >= 15 is 0 Å². The molecule has 0 aliphatic rings. The van der Waals surface area contributed by atoms with Crippen molar-refractivity contribution in [1.29, 1.82) is 0 Å². The summed E-state index contributed by atoms with van der Waals surface area (Å²) in [7, 11) is 0. The van der Waals surface area contributed by atoms with E-state index in [4.69, 9.17) is 0 Å². The summed E-state index contributed by atoms with van der Waals surface area (Å²) in [5, 5.41) is 5.63. The van der Waals surface area contributed by atoms with Crippen LogP contribution in [-0.2, 0) is 11.2 Å². The number of nitrogens with one attached hydrogen (secondary N) is 1. The van der Waals surface area contributed by atoms with Gasteiger partial charge in [-0.1, -0.05) is 0 Å². The zero-order valence-electron chi connectivity index (χ0n) is 9.38. The predicted molar refractivity (Wildman–Crippen MR) is 65.8 cm³/mol. The smallest absolute Gasteiger partial charge is 0.229 e. The minimum absolute atomic E-state index is 0.0955. The van der Waals surface area contributed by atoms with Gasteiger partial charge in [0.15, 0.2) is 0 Å². The van der Waals surface area contributed by atoms with Crippen LogP contribution in [0.1, 0.15) is 17.1 Å². The van der Waals surface area contributed by atoms with Crippen LogP contribution < -0.4 is 5.32 Å². The molecule has 88 valence electrons. The second-order valence-electron chi connectivity index (χ2n) is 3.48. The van der Waals surface area contributed by atoms with Crippen molar-refractivity contribution in [2.45, 2.75) is 19.8 Å². The normalized spacial score (nSPS) is 10.2. The lowest BCUT2D eigenvalue weighted by molar-refractivity contribution is -0.116. The van der Waals surface area contributed by atoms with Crippen LogP contribution in [-0.4, -0.2) is 20.9 Å². The molecule has 0 aliphatic heterocycles. The third kappa shape index (κ3) is 3.60. The molecular weight excluding hydrogens is 236 g/mol. The van der Waals surface area contributed by atoms with E-state index in [-0.39, 0.29) is 5.91 Å². The van der Waals surface area contributed by atoms with Crippen LogP contribution in [0.4, 0.5) is 5.95 Å². The van der Waals surface area contributed by atoms with E-state index in [0.717, 1.165) is 10.7 Å². The lowest BCUT2D eigenvalue weighted by Crippen LogP contribution is -2.14. The lowest BCUT2D eigenvalue weighted by Gasteiger charge is -2.01. The van der Waals surface area contributed by atoms with Gasteiger partial charge in [0.05, 0.1) is 10.7 Å². The Morgan fingerprint density at radius 1 is 1.41 bits per heavy atom. The molecular formula is C11H12N4OS. The fraction of sp³-hybridized carbons (Fsp3) is 0.273. The molecule has 0 spiro atoms. The van der Waals surface area contributed by atoms with E-state index in [1.807, 2.05) is 12.3 Å². The number of rotatable bonds is 4. The van der Waals surface area contributed by atoms with E-state index in [0.29, 0.717) is 18.8 Å². The Balaban J connectivity index is 1.82. The van der Waals surface area contributed by atoms with E-state index in [9.17, 15) is 4.79 Å². The van der Waals surface area contributed by atoms with Crippen molar-refractivity contribution in [3.63, 3.8) is 0 Å². The molecule has 0 aliphatic carbocycles. The zero-order valence-corrected chi connectivity index (χ0v) is 10.2. The highest BCUT2D eigenvalue weighted by molar-refractivity contribution is 7.09. The SMILES string of the molecule is Cc1nc(CCC(=O)Nc2ncccn2)cs1. The Kier molecular flexibility index (Phi) is 3.77. The third-order valence-corrected chi connectivity index (χ3v) is 2.91. The van der Waals surface area contributed by atoms with Crippen molar-refractivity contribution in [1.82, 2.24) is 15.0 Å². The summed E-state index contributed by atoms with van der Waals surface area (Å²) in [6.45, 7) is 1.95. The molecule has 2 heterocycles. The molecule has 0 radical (unpaired) electrons. The standard InChI is InChI=1S/C11H12N4OS/c1-8-14-9(7-17-8)3-4-10(16)15-11-12-5-2-6-13-11/h2,5-7H,3-4H2,1H3,(H,12,13,15,16). The van der Waals surface area contributed by atoms with Crippen molar-refractivity contribution >= 4 is 23.2 Å². The highest BCUT2D eigenvalue weighted by Gasteiger charge is 2.06. The summed E-state index contributed by atoms with van der Waals surface area (Å²) in [4.78, 5) is 23.7. The highest BCUT2D eigenvalue weighted by Crippen LogP contribution is 2.10. The topological polar surface area (TPSA) is 67.8 Å². The van der Waals surface area contributed by atoms with Crippen molar-refractivity contribution < 1.29 is 4.79 Å². The summed E-state index contributed by atoms with van der Waals surface area (Å²) >= 11 is 1.59. The maximum Gasteiger partial charge on any atom is 0.229 e. The van der Waals surface area contributed by atoms with Gasteiger partial charge in [-0.2, -0.15) is 0 Å². The Morgan fingerprint density at radius 3 is 2.82 bits per heavy atom. The van der Waals surface area contributed by atoms with Crippen molar-refractivity contribution in [2.24, 2.45) is 0 Å². The number of hydrogen-bond acceptors (Lipinski definition) is 5. The number of aromatic nitrogens is 3. The first kappa shape index (κ1) is 11.7. The molecule has 0 fully saturated rings. The predicted octanol–water partition coefficient (Wildman–Crippen LogP) is 1.81. The molecule has 17 heavy (non-hydrogen) atoms. The molecule has 0 bridgehead atoms. The largest absolute Gasteiger partial charge is 0.295 e. The monoisotopic (exact) mass is 248 g/mol. The Morgan fingerprint density at radius 2 is 2.18 bits per heavy atom. The quantitative estimate of drug-likeness (QED) is 0.896. The summed E-state index contributed by atoms with van der Waals surface area (Å²) < 4.78 is 0. The van der Waals surface area contributed by atoms with Crippen LogP contribution in [0.2, 0.25) is 0 Å². The highest BCUT2D eigenvalue weighted by atomic mass is 32.1. The second-order valence-corrected chi connectivity index (χ2v) is 4.54. The van der Waals surface area contributed by atoms with Crippen LogP contribution in [0, 0.1) is 6.92 Å². The lowest BCUT2D eigenvalue weighted by atomic mass is 10.2. The molecule has 2 aromatic heterocycles. The van der Waals surface area contributed by atoms with Crippen molar-refractivity contribution in [3.8, 4) is 0 Å². The van der Waals surface area contributed by atoms with Crippen LogP contribution in [0.25, 0.3) is 0 Å². The number of anilines is 1. The van der Waals surface area contributed by atoms with Gasteiger partial charge in [0.2, 0.25) is 11.9 Å². The van der Waals surface area contributed by atoms with Gasteiger partial charge in [0.1, 0.15) is 0 Å². The molecule has 2 aromatic rings. The Bertz CT molecular complexity index is 497. The average Bonchev–Trinajstić information content (AvgIpc) is 2.74. The second kappa shape index (κ2) is 5.49. The van der Waals surface area contributed by atoms with Crippen molar-refractivity contribution in [3.05, 3.63) is 34.5 Å². The summed E-state index contributed by atoms with van der Waals surface area (Å²) in [5.41, 5.74) is 0.955. The molecule has 2 rings (SSSR count). The minimum atomic E-state index is -0.0955. The van der Waals surface area contributed by atoms with Gasteiger partial charge in [-0.05, 0) is 19.4 Å².